The number of hydrogen-bond donors (Lipinski definition) is 2. The van der Waals surface area contributed by atoms with Gasteiger partial charge >= 0.3 is 0 Å². The number of nitrogens with one attached hydrogen (secondary N) is 2. The zero-order valence-corrected chi connectivity index (χ0v) is 22.2. The predicted molar refractivity (Wildman–Crippen MR) is 146 cm³/mol. The lowest BCUT2D eigenvalue weighted by Crippen LogP contribution is -2.54. The molecule has 0 spiro atoms. The molecule has 0 radical (unpaired) electrons. The molecule has 7 atom stereocenters. The first-order valence-electron chi connectivity index (χ1n) is 14.3. The van der Waals surface area contributed by atoms with Gasteiger partial charge in [0.2, 0.25) is 11.8 Å². The number of fused-ring (bicyclic) bond motifs is 5. The second-order valence-corrected chi connectivity index (χ2v) is 12.5. The first kappa shape index (κ1) is 24.5. The van der Waals surface area contributed by atoms with Crippen molar-refractivity contribution >= 4 is 11.8 Å². The third-order valence-electron chi connectivity index (χ3n) is 10.7. The van der Waals surface area contributed by atoms with E-state index in [0.717, 1.165) is 44.9 Å². The maximum absolute atomic E-state index is 14.0. The molecular formula is C33H40N2O2. The van der Waals surface area contributed by atoms with Gasteiger partial charge in [-0.1, -0.05) is 80.6 Å². The van der Waals surface area contributed by atoms with E-state index in [9.17, 15) is 9.59 Å². The van der Waals surface area contributed by atoms with Crippen LogP contribution < -0.4 is 10.6 Å². The summed E-state index contributed by atoms with van der Waals surface area (Å²) in [5.74, 6) is 2.24. The second-order valence-electron chi connectivity index (χ2n) is 12.5. The van der Waals surface area contributed by atoms with Gasteiger partial charge in [-0.3, -0.25) is 9.59 Å². The van der Waals surface area contributed by atoms with E-state index in [2.05, 4.69) is 79.1 Å². The number of allylic oxidation sites excluding steroid dienone is 2. The van der Waals surface area contributed by atoms with Gasteiger partial charge in [-0.05, 0) is 79.2 Å². The minimum absolute atomic E-state index is 0.0278. The molecule has 0 aromatic heterocycles. The van der Waals surface area contributed by atoms with E-state index in [4.69, 9.17) is 0 Å². The number of amides is 2. The van der Waals surface area contributed by atoms with Crippen LogP contribution in [0.15, 0.2) is 72.4 Å². The summed E-state index contributed by atoms with van der Waals surface area (Å²) in [4.78, 5) is 26.1. The predicted octanol–water partition coefficient (Wildman–Crippen LogP) is 6.35. The van der Waals surface area contributed by atoms with E-state index in [1.54, 1.807) is 0 Å². The van der Waals surface area contributed by atoms with Crippen LogP contribution in [0.3, 0.4) is 0 Å². The topological polar surface area (TPSA) is 58.2 Å². The third kappa shape index (κ3) is 4.23. The van der Waals surface area contributed by atoms with Crippen LogP contribution in [-0.2, 0) is 16.0 Å². The molecule has 37 heavy (non-hydrogen) atoms. The second kappa shape index (κ2) is 9.45. The van der Waals surface area contributed by atoms with E-state index in [1.165, 1.54) is 16.8 Å². The van der Waals surface area contributed by atoms with Gasteiger partial charge in [0.15, 0.2) is 0 Å². The Hall–Kier alpha value is -2.88. The first-order valence-corrected chi connectivity index (χ1v) is 14.3. The van der Waals surface area contributed by atoms with Crippen molar-refractivity contribution in [2.75, 3.05) is 0 Å². The van der Waals surface area contributed by atoms with Gasteiger partial charge in [-0.2, -0.15) is 0 Å². The molecule has 4 heteroatoms. The molecule has 1 heterocycles. The Labute approximate surface area is 221 Å². The van der Waals surface area contributed by atoms with Crippen molar-refractivity contribution in [2.45, 2.75) is 71.3 Å². The lowest BCUT2D eigenvalue weighted by atomic mass is 9.49. The Morgan fingerprint density at radius 1 is 0.973 bits per heavy atom. The van der Waals surface area contributed by atoms with E-state index >= 15 is 0 Å². The molecule has 2 aromatic carbocycles. The van der Waals surface area contributed by atoms with Crippen LogP contribution in [0.2, 0.25) is 0 Å². The van der Waals surface area contributed by atoms with Crippen LogP contribution in [0.25, 0.3) is 0 Å². The average molecular weight is 497 g/mol. The number of rotatable bonds is 5. The zero-order valence-electron chi connectivity index (χ0n) is 22.2. The Morgan fingerprint density at radius 3 is 2.46 bits per heavy atom. The highest BCUT2D eigenvalue weighted by atomic mass is 16.2. The Morgan fingerprint density at radius 2 is 1.70 bits per heavy atom. The molecule has 3 aliphatic carbocycles. The van der Waals surface area contributed by atoms with Gasteiger partial charge in [-0.15, -0.1) is 0 Å². The van der Waals surface area contributed by atoms with Gasteiger partial charge in [0.1, 0.15) is 0 Å². The number of piperidine rings is 1. The molecule has 1 unspecified atom stereocenters. The highest BCUT2D eigenvalue weighted by Gasteiger charge is 2.60. The Balaban J connectivity index is 1.22. The zero-order chi connectivity index (χ0) is 25.6. The summed E-state index contributed by atoms with van der Waals surface area (Å²) in [7, 11) is 0. The largest absolute Gasteiger partial charge is 0.349 e. The molecule has 1 aliphatic heterocycles. The van der Waals surface area contributed by atoms with Crippen LogP contribution in [0, 0.1) is 34.5 Å². The molecule has 2 amide bonds. The summed E-state index contributed by atoms with van der Waals surface area (Å²) >= 11 is 0. The molecule has 1 saturated heterocycles. The van der Waals surface area contributed by atoms with Crippen molar-refractivity contribution in [3.63, 3.8) is 0 Å². The molecule has 4 aliphatic rings. The molecule has 0 bridgehead atoms. The molecule has 194 valence electrons. The van der Waals surface area contributed by atoms with Crippen molar-refractivity contribution in [1.82, 2.24) is 10.6 Å². The van der Waals surface area contributed by atoms with Crippen molar-refractivity contribution in [1.29, 1.82) is 0 Å². The summed E-state index contributed by atoms with van der Waals surface area (Å²) in [5.41, 5.74) is 3.70. The summed E-state index contributed by atoms with van der Waals surface area (Å²) in [6, 6.07) is 20.9. The number of hydrogen-bond acceptors (Lipinski definition) is 2. The number of benzene rings is 2. The van der Waals surface area contributed by atoms with Gasteiger partial charge in [0.05, 0.1) is 6.04 Å². The molecule has 2 saturated carbocycles. The Kier molecular flexibility index (Phi) is 6.25. The monoisotopic (exact) mass is 496 g/mol. The van der Waals surface area contributed by atoms with Crippen LogP contribution in [0.1, 0.15) is 76.0 Å². The van der Waals surface area contributed by atoms with E-state index in [-0.39, 0.29) is 34.6 Å². The van der Waals surface area contributed by atoms with Crippen LogP contribution in [0.4, 0.5) is 0 Å². The van der Waals surface area contributed by atoms with Crippen LogP contribution >= 0.6 is 0 Å². The lowest BCUT2D eigenvalue weighted by Gasteiger charge is -2.57. The Bertz CT molecular complexity index is 1190. The molecule has 3 fully saturated rings. The smallest absolute Gasteiger partial charge is 0.224 e. The summed E-state index contributed by atoms with van der Waals surface area (Å²) in [6.07, 6.45) is 10.1. The number of carbonyl (C=O) groups is 2. The summed E-state index contributed by atoms with van der Waals surface area (Å²) in [5, 5.41) is 6.72. The summed E-state index contributed by atoms with van der Waals surface area (Å²) < 4.78 is 0. The van der Waals surface area contributed by atoms with E-state index < -0.39 is 0 Å². The molecule has 2 N–H and O–H groups in total. The van der Waals surface area contributed by atoms with Crippen molar-refractivity contribution in [3.05, 3.63) is 83.6 Å². The fourth-order valence-corrected chi connectivity index (χ4v) is 8.68. The van der Waals surface area contributed by atoms with Crippen LogP contribution in [-0.4, -0.2) is 11.8 Å². The molecule has 6 rings (SSSR count). The highest BCUT2D eigenvalue weighted by Crippen LogP contribution is 2.65. The van der Waals surface area contributed by atoms with Gasteiger partial charge in [-0.25, -0.2) is 0 Å². The quantitative estimate of drug-likeness (QED) is 0.507. The summed E-state index contributed by atoms with van der Waals surface area (Å²) in [6.45, 7) is 4.79. The molecule has 2 aromatic rings. The first-order chi connectivity index (χ1) is 17.9. The highest BCUT2D eigenvalue weighted by molar-refractivity contribution is 5.81. The third-order valence-corrected chi connectivity index (χ3v) is 10.7. The van der Waals surface area contributed by atoms with Crippen molar-refractivity contribution in [3.8, 4) is 0 Å². The van der Waals surface area contributed by atoms with Crippen LogP contribution in [0.5, 0.6) is 0 Å². The van der Waals surface area contributed by atoms with Gasteiger partial charge < -0.3 is 10.6 Å². The average Bonchev–Trinajstić information content (AvgIpc) is 3.27. The normalized spacial score (nSPS) is 35.3. The standard InChI is InChI=1S/C33H40N2O2/c1-32-19-17-26-24(13-16-29-33(26,2)20-18-30(36)35-29)25(32)14-15-27(32)31(37)34-28(23-11-7-4-8-12-23)21-22-9-5-3-6-10-22/h3-12,16,24-28H,13-15,17-21H2,1-2H3,(H,34,37)(H,35,36)/t24-,25-,26+,27?,28-,32-,33+/m0/s1. The minimum atomic E-state index is -0.0278. The minimum Gasteiger partial charge on any atom is -0.349 e. The fraction of sp³-hybridized carbons (Fsp3) is 0.515. The van der Waals surface area contributed by atoms with Crippen molar-refractivity contribution in [2.24, 2.45) is 34.5 Å². The molecular weight excluding hydrogens is 456 g/mol. The fourth-order valence-electron chi connectivity index (χ4n) is 8.68. The maximum Gasteiger partial charge on any atom is 0.224 e. The lowest BCUT2D eigenvalue weighted by molar-refractivity contribution is -0.133. The van der Waals surface area contributed by atoms with E-state index in [0.29, 0.717) is 24.2 Å². The van der Waals surface area contributed by atoms with Gasteiger partial charge in [0, 0.05) is 23.5 Å². The number of carbonyl (C=O) groups excluding carboxylic acids is 2. The molecule has 4 nitrogen and oxygen atoms in total. The SMILES string of the molecule is C[C@]12CCC(=O)NC1=CC[C@@H]1[C@H]2CC[C@]2(C)C(C(=O)N[C@@H](Cc3ccccc3)c3ccccc3)CC[C@@H]12. The maximum atomic E-state index is 14.0. The van der Waals surface area contributed by atoms with Crippen molar-refractivity contribution < 1.29 is 9.59 Å². The van der Waals surface area contributed by atoms with E-state index in [1.807, 2.05) is 12.1 Å². The van der Waals surface area contributed by atoms with Gasteiger partial charge in [0.25, 0.3) is 0 Å².